The predicted octanol–water partition coefficient (Wildman–Crippen LogP) is 0.785. The van der Waals surface area contributed by atoms with Crippen molar-refractivity contribution in [3.05, 3.63) is 24.3 Å². The normalized spacial score (nSPS) is 24.7. The Labute approximate surface area is 118 Å². The lowest BCUT2D eigenvalue weighted by Gasteiger charge is -2.34. The van der Waals surface area contributed by atoms with Gasteiger partial charge in [0.15, 0.2) is 5.84 Å². The van der Waals surface area contributed by atoms with Crippen molar-refractivity contribution in [3.63, 3.8) is 0 Å². The number of hydrogen-bond donors (Lipinski definition) is 3. The molecule has 0 aromatic carbocycles. The maximum atomic E-state index is 12.4. The van der Waals surface area contributed by atoms with Crippen LogP contribution in [0.2, 0.25) is 0 Å². The summed E-state index contributed by atoms with van der Waals surface area (Å²) in [7, 11) is 0. The number of halogens is 3. The quantitative estimate of drug-likeness (QED) is 0.716. The van der Waals surface area contributed by atoms with Crippen molar-refractivity contribution in [1.82, 2.24) is 15.8 Å². The topological polar surface area (TPSA) is 92.0 Å². The number of hydrogen-bond acceptors (Lipinski definition) is 5. The largest absolute Gasteiger partial charge is 0.544 e. The van der Waals surface area contributed by atoms with Gasteiger partial charge in [0.2, 0.25) is 0 Å². The zero-order valence-corrected chi connectivity index (χ0v) is 10.9. The van der Waals surface area contributed by atoms with Crippen LogP contribution in [0.1, 0.15) is 6.42 Å². The van der Waals surface area contributed by atoms with Gasteiger partial charge < -0.3 is 11.1 Å². The van der Waals surface area contributed by atoms with E-state index in [0.717, 1.165) is 0 Å². The number of amides is 2. The summed E-state index contributed by atoms with van der Waals surface area (Å²) in [5, 5.41) is 6.88. The lowest BCUT2D eigenvalue weighted by atomic mass is 9.80. The van der Waals surface area contributed by atoms with Gasteiger partial charge in [-0.3, -0.25) is 5.43 Å². The summed E-state index contributed by atoms with van der Waals surface area (Å²) in [5.41, 5.74) is 6.51. The molecule has 0 aromatic rings. The van der Waals surface area contributed by atoms with Gasteiger partial charge >= 0.3 is 12.4 Å². The fourth-order valence-electron chi connectivity index (χ4n) is 2.15. The first-order chi connectivity index (χ1) is 9.82. The van der Waals surface area contributed by atoms with Crippen LogP contribution in [0.4, 0.5) is 18.0 Å². The second-order valence-electron chi connectivity index (χ2n) is 4.53. The number of allylic oxidation sites excluding steroid dienone is 3. The summed E-state index contributed by atoms with van der Waals surface area (Å²) in [5.74, 6) is 0.0224. The van der Waals surface area contributed by atoms with Crippen LogP contribution in [0, 0.1) is 5.41 Å². The SMILES string of the molecule is NC(=O)NCC1(C2=NNCN2OC(F)(F)F)C=CC=CC1. The zero-order chi connectivity index (χ0) is 15.5. The van der Waals surface area contributed by atoms with Crippen molar-refractivity contribution in [3.8, 4) is 0 Å². The Kier molecular flexibility index (Phi) is 4.07. The molecule has 10 heteroatoms. The lowest BCUT2D eigenvalue weighted by molar-refractivity contribution is -0.395. The highest BCUT2D eigenvalue weighted by Gasteiger charge is 2.44. The second-order valence-corrected chi connectivity index (χ2v) is 4.53. The summed E-state index contributed by atoms with van der Waals surface area (Å²) < 4.78 is 37.3. The van der Waals surface area contributed by atoms with E-state index >= 15 is 0 Å². The Bertz CT molecular complexity index is 503. The van der Waals surface area contributed by atoms with E-state index in [-0.39, 0.29) is 19.0 Å². The van der Waals surface area contributed by atoms with Gasteiger partial charge in [-0.15, -0.1) is 13.2 Å². The third-order valence-electron chi connectivity index (χ3n) is 3.02. The first kappa shape index (κ1) is 15.2. The molecule has 1 aliphatic carbocycles. The number of carbonyl (C=O) groups excluding carboxylic acids is 1. The molecule has 0 radical (unpaired) electrons. The first-order valence-electron chi connectivity index (χ1n) is 6.04. The van der Waals surface area contributed by atoms with Gasteiger partial charge in [-0.2, -0.15) is 9.94 Å². The molecule has 2 amide bonds. The van der Waals surface area contributed by atoms with Gasteiger partial charge in [-0.05, 0) is 6.42 Å². The average molecular weight is 305 g/mol. The molecule has 0 aromatic heterocycles. The number of nitrogens with one attached hydrogen (secondary N) is 2. The number of alkyl halides is 3. The summed E-state index contributed by atoms with van der Waals surface area (Å²) in [6.45, 7) is -0.244. The minimum atomic E-state index is -4.83. The summed E-state index contributed by atoms with van der Waals surface area (Å²) in [4.78, 5) is 14.8. The molecule has 1 heterocycles. The molecule has 2 rings (SSSR count). The number of nitrogens with zero attached hydrogens (tertiary/aromatic N) is 2. The van der Waals surface area contributed by atoms with Crippen LogP contribution >= 0.6 is 0 Å². The highest BCUT2D eigenvalue weighted by Crippen LogP contribution is 2.33. The first-order valence-corrected chi connectivity index (χ1v) is 6.04. The van der Waals surface area contributed by atoms with E-state index in [4.69, 9.17) is 5.73 Å². The van der Waals surface area contributed by atoms with Crippen LogP contribution < -0.4 is 16.5 Å². The van der Waals surface area contributed by atoms with Crippen LogP contribution in [0.3, 0.4) is 0 Å². The maximum Gasteiger partial charge on any atom is 0.544 e. The summed E-state index contributed by atoms with van der Waals surface area (Å²) in [6, 6.07) is -0.771. The molecule has 4 N–H and O–H groups in total. The molecule has 0 fully saturated rings. The number of hydrazone groups is 1. The van der Waals surface area contributed by atoms with Crippen LogP contribution in [0.5, 0.6) is 0 Å². The van der Waals surface area contributed by atoms with Gasteiger partial charge in [0, 0.05) is 6.54 Å². The van der Waals surface area contributed by atoms with E-state index in [1.807, 2.05) is 0 Å². The summed E-state index contributed by atoms with van der Waals surface area (Å²) in [6.07, 6.45) is 2.34. The zero-order valence-electron chi connectivity index (χ0n) is 10.9. The molecule has 2 aliphatic rings. The number of rotatable bonds is 4. The van der Waals surface area contributed by atoms with Crippen molar-refractivity contribution in [2.24, 2.45) is 16.3 Å². The monoisotopic (exact) mass is 305 g/mol. The molecule has 7 nitrogen and oxygen atoms in total. The van der Waals surface area contributed by atoms with Crippen LogP contribution in [0.25, 0.3) is 0 Å². The van der Waals surface area contributed by atoms with Gasteiger partial charge in [0.05, 0.1) is 5.41 Å². The molecule has 0 bridgehead atoms. The van der Waals surface area contributed by atoms with E-state index < -0.39 is 17.8 Å². The van der Waals surface area contributed by atoms with Crippen molar-refractivity contribution in [2.75, 3.05) is 13.2 Å². The molecule has 21 heavy (non-hydrogen) atoms. The predicted molar refractivity (Wildman–Crippen MR) is 67.3 cm³/mol. The molecule has 0 saturated carbocycles. The highest BCUT2D eigenvalue weighted by molar-refractivity contribution is 5.91. The Morgan fingerprint density at radius 2 is 2.33 bits per heavy atom. The van der Waals surface area contributed by atoms with Crippen LogP contribution in [-0.4, -0.2) is 36.5 Å². The Morgan fingerprint density at radius 1 is 1.57 bits per heavy atom. The van der Waals surface area contributed by atoms with E-state index in [1.54, 1.807) is 24.3 Å². The van der Waals surface area contributed by atoms with Crippen LogP contribution in [-0.2, 0) is 4.84 Å². The van der Waals surface area contributed by atoms with Crippen molar-refractivity contribution < 1.29 is 22.8 Å². The fraction of sp³-hybridized carbons (Fsp3) is 0.455. The van der Waals surface area contributed by atoms with E-state index in [1.165, 1.54) is 0 Å². The second kappa shape index (κ2) is 5.64. The van der Waals surface area contributed by atoms with Crippen molar-refractivity contribution >= 4 is 11.9 Å². The lowest BCUT2D eigenvalue weighted by Crippen LogP contribution is -2.50. The Hall–Kier alpha value is -2.23. The van der Waals surface area contributed by atoms with Crippen molar-refractivity contribution in [1.29, 1.82) is 0 Å². The van der Waals surface area contributed by atoms with E-state index in [2.05, 4.69) is 20.7 Å². The summed E-state index contributed by atoms with van der Waals surface area (Å²) >= 11 is 0. The highest BCUT2D eigenvalue weighted by atomic mass is 19.4. The third kappa shape index (κ3) is 3.66. The molecule has 0 spiro atoms. The maximum absolute atomic E-state index is 12.4. The van der Waals surface area contributed by atoms with E-state index in [9.17, 15) is 18.0 Å². The number of amidine groups is 1. The minimum Gasteiger partial charge on any atom is -0.352 e. The smallest absolute Gasteiger partial charge is 0.352 e. The van der Waals surface area contributed by atoms with Crippen LogP contribution in [0.15, 0.2) is 29.4 Å². The molecule has 1 aliphatic heterocycles. The molecule has 0 saturated heterocycles. The molecule has 116 valence electrons. The third-order valence-corrected chi connectivity index (χ3v) is 3.02. The molecule has 1 atom stereocenters. The average Bonchev–Trinajstić information content (AvgIpc) is 2.84. The van der Waals surface area contributed by atoms with Gasteiger partial charge in [-0.25, -0.2) is 9.86 Å². The number of carbonyl (C=O) groups is 1. The number of nitrogens with two attached hydrogens (primary N) is 1. The van der Waals surface area contributed by atoms with Gasteiger partial charge in [-0.1, -0.05) is 24.3 Å². The number of primary amides is 1. The molecular formula is C11H14F3N5O2. The standard InChI is InChI=1S/C11H14F3N5O2/c12-11(13,14)21-19-7-17-18-8(19)10(6-16-9(15)20)4-2-1-3-5-10/h1-4,17H,5-7H2,(H3,15,16,20). The Balaban J connectivity index is 2.22. The van der Waals surface area contributed by atoms with E-state index in [0.29, 0.717) is 11.5 Å². The minimum absolute atomic E-state index is 0.00139. The number of hydroxylamine groups is 2. The van der Waals surface area contributed by atoms with Gasteiger partial charge in [0.25, 0.3) is 0 Å². The molecular weight excluding hydrogens is 291 g/mol. The van der Waals surface area contributed by atoms with Gasteiger partial charge in [0.1, 0.15) is 6.67 Å². The van der Waals surface area contributed by atoms with Crippen molar-refractivity contribution in [2.45, 2.75) is 12.8 Å². The number of urea groups is 1. The molecule has 1 unspecified atom stereocenters. The Morgan fingerprint density at radius 3 is 2.90 bits per heavy atom. The fourth-order valence-corrected chi connectivity index (χ4v) is 2.15.